The molecule has 0 rings (SSSR count). The predicted octanol–water partition coefficient (Wildman–Crippen LogP) is 14.3. The molecule has 0 radical (unpaired) electrons. The molecule has 3 atom stereocenters. The molecule has 10 nitrogen and oxygen atoms in total. The van der Waals surface area contributed by atoms with Crippen molar-refractivity contribution in [3.8, 4) is 0 Å². The Bertz CT molecular complexity index is 1350. The van der Waals surface area contributed by atoms with Gasteiger partial charge < -0.3 is 24.0 Å². The minimum absolute atomic E-state index is 0.00591. The molecule has 0 bridgehead atoms. The number of phosphoric ester groups is 1. The van der Waals surface area contributed by atoms with Crippen molar-refractivity contribution in [2.75, 3.05) is 47.5 Å². The molecule has 0 aliphatic rings. The van der Waals surface area contributed by atoms with E-state index in [9.17, 15) is 24.2 Å². The maximum absolute atomic E-state index is 12.8. The van der Waals surface area contributed by atoms with E-state index in [4.69, 9.17) is 18.5 Å². The number of phosphoric acid groups is 1. The van der Waals surface area contributed by atoms with Crippen molar-refractivity contribution in [1.29, 1.82) is 0 Å². The summed E-state index contributed by atoms with van der Waals surface area (Å²) in [6.45, 7) is 4.05. The first-order valence-corrected chi connectivity index (χ1v) is 27.3. The fraction of sp³-hybridized carbons (Fsp3) is 0.741. The van der Waals surface area contributed by atoms with Gasteiger partial charge in [0, 0.05) is 12.8 Å². The minimum atomic E-state index is -4.44. The maximum atomic E-state index is 12.8. The van der Waals surface area contributed by atoms with Gasteiger partial charge in [-0.15, -0.1) is 0 Å². The first-order chi connectivity index (χ1) is 31.4. The summed E-state index contributed by atoms with van der Waals surface area (Å²) in [6, 6.07) is 0. The highest BCUT2D eigenvalue weighted by Gasteiger charge is 2.27. The van der Waals surface area contributed by atoms with Crippen LogP contribution in [0.4, 0.5) is 0 Å². The summed E-state index contributed by atoms with van der Waals surface area (Å²) in [4.78, 5) is 35.6. The van der Waals surface area contributed by atoms with E-state index in [-0.39, 0.29) is 32.5 Å². The molecule has 0 aliphatic carbocycles. The number of hydrogen-bond donors (Lipinski definition) is 2. The van der Waals surface area contributed by atoms with Gasteiger partial charge in [-0.1, -0.05) is 215 Å². The number of esters is 2. The smallest absolute Gasteiger partial charge is 0.462 e. The van der Waals surface area contributed by atoms with Crippen molar-refractivity contribution in [2.24, 2.45) is 0 Å². The van der Waals surface area contributed by atoms with E-state index in [1.165, 1.54) is 109 Å². The van der Waals surface area contributed by atoms with Crippen molar-refractivity contribution >= 4 is 19.8 Å². The van der Waals surface area contributed by atoms with Crippen LogP contribution in [0.5, 0.6) is 0 Å². The van der Waals surface area contributed by atoms with E-state index in [0.29, 0.717) is 17.4 Å². The summed E-state index contributed by atoms with van der Waals surface area (Å²) in [6.07, 6.45) is 54.3. The molecule has 0 saturated heterocycles. The highest BCUT2D eigenvalue weighted by molar-refractivity contribution is 7.47. The van der Waals surface area contributed by atoms with Crippen LogP contribution in [0, 0.1) is 0 Å². The van der Waals surface area contributed by atoms with Gasteiger partial charge in [-0.3, -0.25) is 18.6 Å². The van der Waals surface area contributed by atoms with Crippen LogP contribution < -0.4 is 0 Å². The summed E-state index contributed by atoms with van der Waals surface area (Å²) >= 11 is 0. The van der Waals surface area contributed by atoms with Crippen LogP contribution in [0.3, 0.4) is 0 Å². The predicted molar refractivity (Wildman–Crippen MR) is 272 cm³/mol. The quantitative estimate of drug-likeness (QED) is 0.0153. The molecule has 376 valence electrons. The first kappa shape index (κ1) is 62.4. The number of carbonyl (C=O) groups excluding carboxylic acids is 2. The molecule has 0 spiro atoms. The van der Waals surface area contributed by atoms with Gasteiger partial charge in [0.15, 0.2) is 6.10 Å². The molecule has 0 saturated carbocycles. The molecular formula is C54H97NO9P+. The standard InChI is InChI=1S/C54H96NO9P/c1-6-8-10-12-14-16-18-20-22-24-25-26-27-28-30-32-34-36-38-40-42-44-54(58)64-52(50-63-65(59,60)62-48-47-55(3,4)5)49-61-53(57)46-45-51(56)43-41-39-37-35-33-31-29-23-21-19-17-15-13-11-9-7-2/h9,11,15,17,21,23,31,33,37,39,41,43,51-52,56H,6-8,10,12-14,16,18-20,22,24-30,32,34-36,38,40,42,44-50H2,1-5H3/p+1/b11-9-,17-15-,23-21-,33-31-,39-37-,43-41-/t51?,52-/m1/s1. The van der Waals surface area contributed by atoms with Crippen LogP contribution in [0.2, 0.25) is 0 Å². The molecule has 2 N–H and O–H groups in total. The molecule has 0 fully saturated rings. The molecule has 0 aliphatic heterocycles. The number of ether oxygens (including phenoxy) is 2. The molecule has 11 heteroatoms. The summed E-state index contributed by atoms with van der Waals surface area (Å²) in [7, 11) is 1.35. The molecule has 0 aromatic rings. The number of likely N-dealkylation sites (N-methyl/N-ethyl adjacent to an activating group) is 1. The van der Waals surface area contributed by atoms with Crippen molar-refractivity contribution in [1.82, 2.24) is 0 Å². The Hall–Kier alpha value is -2.59. The number of allylic oxidation sites excluding steroid dienone is 11. The zero-order chi connectivity index (χ0) is 48.0. The van der Waals surface area contributed by atoms with Crippen LogP contribution in [-0.2, 0) is 32.7 Å². The highest BCUT2D eigenvalue weighted by atomic mass is 31.2. The van der Waals surface area contributed by atoms with E-state index in [2.05, 4.69) is 62.5 Å². The fourth-order valence-electron chi connectivity index (χ4n) is 6.83. The van der Waals surface area contributed by atoms with Crippen molar-refractivity contribution in [2.45, 2.75) is 212 Å². The number of aliphatic hydroxyl groups excluding tert-OH is 1. The van der Waals surface area contributed by atoms with Gasteiger partial charge in [-0.2, -0.15) is 0 Å². The third-order valence-electron chi connectivity index (χ3n) is 10.9. The Morgan fingerprint density at radius 1 is 0.554 bits per heavy atom. The van der Waals surface area contributed by atoms with Gasteiger partial charge >= 0.3 is 19.8 Å². The second-order valence-corrected chi connectivity index (χ2v) is 19.8. The summed E-state index contributed by atoms with van der Waals surface area (Å²) in [5.41, 5.74) is 0. The Balaban J connectivity index is 4.44. The first-order valence-electron chi connectivity index (χ1n) is 25.8. The third-order valence-corrected chi connectivity index (χ3v) is 11.9. The van der Waals surface area contributed by atoms with Crippen LogP contribution in [0.25, 0.3) is 0 Å². The van der Waals surface area contributed by atoms with Gasteiger partial charge in [0.05, 0.1) is 33.9 Å². The fourth-order valence-corrected chi connectivity index (χ4v) is 7.57. The monoisotopic (exact) mass is 935 g/mol. The van der Waals surface area contributed by atoms with E-state index in [1.54, 1.807) is 12.2 Å². The van der Waals surface area contributed by atoms with Crippen LogP contribution in [0.15, 0.2) is 72.9 Å². The zero-order valence-corrected chi connectivity index (χ0v) is 43.0. The maximum Gasteiger partial charge on any atom is 0.472 e. The second kappa shape index (κ2) is 45.2. The Labute approximate surface area is 398 Å². The molecular weight excluding hydrogens is 838 g/mol. The number of aliphatic hydroxyl groups is 1. The van der Waals surface area contributed by atoms with Gasteiger partial charge in [0.25, 0.3) is 0 Å². The lowest BCUT2D eigenvalue weighted by atomic mass is 10.0. The number of unbranched alkanes of at least 4 members (excludes halogenated alkanes) is 20. The molecule has 0 aromatic carbocycles. The van der Waals surface area contributed by atoms with E-state index in [1.807, 2.05) is 33.3 Å². The molecule has 65 heavy (non-hydrogen) atoms. The highest BCUT2D eigenvalue weighted by Crippen LogP contribution is 2.43. The molecule has 0 amide bonds. The number of nitrogens with zero attached hydrogens (tertiary/aromatic N) is 1. The van der Waals surface area contributed by atoms with Gasteiger partial charge in [-0.25, -0.2) is 4.57 Å². The van der Waals surface area contributed by atoms with E-state index in [0.717, 1.165) is 51.4 Å². The average molecular weight is 935 g/mol. The van der Waals surface area contributed by atoms with Crippen LogP contribution >= 0.6 is 7.82 Å². The Morgan fingerprint density at radius 2 is 1.00 bits per heavy atom. The number of hydrogen-bond acceptors (Lipinski definition) is 8. The average Bonchev–Trinajstić information content (AvgIpc) is 3.26. The van der Waals surface area contributed by atoms with E-state index < -0.39 is 38.6 Å². The topological polar surface area (TPSA) is 129 Å². The lowest BCUT2D eigenvalue weighted by Gasteiger charge is -2.24. The van der Waals surface area contributed by atoms with Crippen LogP contribution in [0.1, 0.15) is 200 Å². The van der Waals surface area contributed by atoms with Crippen molar-refractivity contribution in [3.05, 3.63) is 72.9 Å². The lowest BCUT2D eigenvalue weighted by molar-refractivity contribution is -0.870. The normalized spacial score (nSPS) is 14.5. The van der Waals surface area contributed by atoms with Crippen molar-refractivity contribution < 1.29 is 47.2 Å². The lowest BCUT2D eigenvalue weighted by Crippen LogP contribution is -2.37. The second-order valence-electron chi connectivity index (χ2n) is 18.4. The number of rotatable bonds is 46. The Kier molecular flexibility index (Phi) is 43.4. The third kappa shape index (κ3) is 49.1. The number of quaternary nitrogens is 1. The molecule has 0 heterocycles. The number of carbonyl (C=O) groups is 2. The van der Waals surface area contributed by atoms with Gasteiger partial charge in [0.1, 0.15) is 19.8 Å². The molecule has 2 unspecified atom stereocenters. The zero-order valence-electron chi connectivity index (χ0n) is 42.1. The van der Waals surface area contributed by atoms with Gasteiger partial charge in [-0.05, 0) is 44.9 Å². The minimum Gasteiger partial charge on any atom is -0.462 e. The summed E-state index contributed by atoms with van der Waals surface area (Å²) in [5.74, 6) is -1.08. The van der Waals surface area contributed by atoms with Crippen molar-refractivity contribution in [3.63, 3.8) is 0 Å². The SMILES string of the molecule is CC/C=C\C/C=C\C/C=C\C/C=C\C/C=C\C=C/C(O)CCC(=O)OC[C@H](COP(=O)(O)OCC[N+](C)(C)C)OC(=O)CCCCCCCCCCCCCCCCCCCCCCC. The van der Waals surface area contributed by atoms with Gasteiger partial charge in [0.2, 0.25) is 0 Å². The Morgan fingerprint density at radius 3 is 1.46 bits per heavy atom. The van der Waals surface area contributed by atoms with E-state index >= 15 is 0 Å². The molecule has 0 aromatic heterocycles. The summed E-state index contributed by atoms with van der Waals surface area (Å²) < 4.78 is 34.2. The van der Waals surface area contributed by atoms with Crippen LogP contribution in [-0.4, -0.2) is 86.1 Å². The summed E-state index contributed by atoms with van der Waals surface area (Å²) in [5, 5.41) is 10.3. The largest absolute Gasteiger partial charge is 0.472 e.